The lowest BCUT2D eigenvalue weighted by Gasteiger charge is -2.41. The van der Waals surface area contributed by atoms with Crippen LogP contribution in [0.3, 0.4) is 0 Å². The van der Waals surface area contributed by atoms with Gasteiger partial charge in [0.15, 0.2) is 0 Å². The van der Waals surface area contributed by atoms with Gasteiger partial charge in [0.05, 0.1) is 43.7 Å². The lowest BCUT2D eigenvalue weighted by Crippen LogP contribution is -2.52. The summed E-state index contributed by atoms with van der Waals surface area (Å²) in [5, 5.41) is 27.9. The van der Waals surface area contributed by atoms with Crippen LogP contribution in [0.4, 0.5) is 11.4 Å². The van der Waals surface area contributed by atoms with E-state index in [-0.39, 0.29) is 55.1 Å². The van der Waals surface area contributed by atoms with Crippen molar-refractivity contribution < 1.29 is 60.6 Å². The zero-order valence-electron chi connectivity index (χ0n) is 42.3. The van der Waals surface area contributed by atoms with Crippen molar-refractivity contribution in [3.63, 3.8) is 0 Å². The van der Waals surface area contributed by atoms with Crippen LogP contribution in [0, 0.1) is 10.8 Å². The molecule has 2 saturated carbocycles. The van der Waals surface area contributed by atoms with Gasteiger partial charge in [0, 0.05) is 47.2 Å². The molecule has 0 radical (unpaired) electrons. The van der Waals surface area contributed by atoms with Gasteiger partial charge in [0.25, 0.3) is 11.8 Å². The van der Waals surface area contributed by atoms with Crippen molar-refractivity contribution in [2.24, 2.45) is 16.6 Å². The van der Waals surface area contributed by atoms with Gasteiger partial charge in [0.1, 0.15) is 31.8 Å². The highest BCUT2D eigenvalue weighted by molar-refractivity contribution is 7.90. The number of carboxylic acids is 2. The second kappa shape index (κ2) is 28.9. The molecule has 0 saturated heterocycles. The second-order valence-electron chi connectivity index (χ2n) is 19.1. The topological polar surface area (TPSA) is 282 Å². The standard InChI is InChI=1S/C26H30Cl2N2O6S.C17H16Cl2N2O3.C10H18O4S/c1-37(35,36)15-3-2-12-26(13-5-14-26)25(34)30-21(24(32)33)16-17-8-10-18(11-9-17)29-23(31)22-19(27)6-4-7-20(22)28;1-24-17(23)14(20)9-10-5-7-11(8-6-10)21-16(22)15-12(18)3-2-4-13(15)19;1-15(13,14)8-3-2-5-10(9(11)12)6-4-7-10/h4,6-11,21H,2-3,5,12-16H2,1H3,(H,29,31)(H,30,34)(H,32,33);2-8,14H,9,20H2,1H3,(H,21,22);2-8H2,1H3,(H,11,12). The number of hydrogen-bond donors (Lipinski definition) is 6. The molecule has 0 spiro atoms. The zero-order chi connectivity index (χ0) is 56.4. The van der Waals surface area contributed by atoms with Crippen molar-refractivity contribution >= 4 is 113 Å². The second-order valence-corrected chi connectivity index (χ2v) is 25.3. The van der Waals surface area contributed by atoms with E-state index in [1.807, 2.05) is 0 Å². The lowest BCUT2D eigenvalue weighted by molar-refractivity contribution is -0.155. The van der Waals surface area contributed by atoms with E-state index in [9.17, 15) is 50.7 Å². The lowest BCUT2D eigenvalue weighted by atomic mass is 9.65. The minimum atomic E-state index is -3.06. The maximum atomic E-state index is 13.0. The van der Waals surface area contributed by atoms with Gasteiger partial charge in [0.2, 0.25) is 5.91 Å². The van der Waals surface area contributed by atoms with Crippen molar-refractivity contribution in [3.05, 3.63) is 127 Å². The van der Waals surface area contributed by atoms with Crippen LogP contribution >= 0.6 is 46.4 Å². The van der Waals surface area contributed by atoms with Crippen LogP contribution in [0.25, 0.3) is 0 Å². The Hall–Kier alpha value is -5.28. The molecule has 0 bridgehead atoms. The smallest absolute Gasteiger partial charge is 0.326 e. The van der Waals surface area contributed by atoms with E-state index in [4.69, 9.17) is 57.2 Å². The molecule has 23 heteroatoms. The van der Waals surface area contributed by atoms with Gasteiger partial charge in [-0.1, -0.05) is 108 Å². The molecule has 2 fully saturated rings. The molecule has 3 amide bonds. The maximum Gasteiger partial charge on any atom is 0.326 e. The molecule has 2 aliphatic rings. The third-order valence-corrected chi connectivity index (χ3v) is 16.5. The Morgan fingerprint density at radius 3 is 1.32 bits per heavy atom. The number of sulfone groups is 2. The van der Waals surface area contributed by atoms with E-state index in [1.165, 1.54) is 19.6 Å². The van der Waals surface area contributed by atoms with Gasteiger partial charge >= 0.3 is 17.9 Å². The molecular weight excluding hydrogens is 1110 g/mol. The summed E-state index contributed by atoms with van der Waals surface area (Å²) in [6.07, 6.45) is 11.0. The third kappa shape index (κ3) is 19.6. The number of nitrogens with one attached hydrogen (secondary N) is 3. The average Bonchev–Trinajstić information content (AvgIpc) is 3.30. The molecule has 2 atom stereocenters. The number of anilines is 2. The first-order valence-corrected chi connectivity index (χ1v) is 30.0. The van der Waals surface area contributed by atoms with Crippen LogP contribution in [0.1, 0.15) is 109 Å². The Morgan fingerprint density at radius 1 is 0.605 bits per heavy atom. The van der Waals surface area contributed by atoms with Gasteiger partial charge in [-0.05, 0) is 117 Å². The molecule has 7 N–H and O–H groups in total. The third-order valence-electron chi connectivity index (χ3n) is 13.2. The average molecular weight is 1170 g/mol. The van der Waals surface area contributed by atoms with Crippen molar-refractivity contribution in [2.45, 2.75) is 102 Å². The Kier molecular flexibility index (Phi) is 24.1. The number of benzene rings is 4. The number of unbranched alkanes of at least 4 members (excludes halogenated alkanes) is 2. The Balaban J connectivity index is 0.000000273. The van der Waals surface area contributed by atoms with Crippen molar-refractivity contribution in [2.75, 3.05) is 41.8 Å². The van der Waals surface area contributed by atoms with Crippen LogP contribution in [-0.4, -0.2) is 106 Å². The van der Waals surface area contributed by atoms with Gasteiger partial charge in [-0.3, -0.25) is 24.0 Å². The van der Waals surface area contributed by atoms with E-state index in [0.29, 0.717) is 74.7 Å². The number of aliphatic carboxylic acids is 2. The quantitative estimate of drug-likeness (QED) is 0.0298. The first kappa shape index (κ1) is 63.3. The van der Waals surface area contributed by atoms with Gasteiger partial charge in [-0.15, -0.1) is 0 Å². The zero-order valence-corrected chi connectivity index (χ0v) is 47.0. The van der Waals surface area contributed by atoms with Crippen LogP contribution in [-0.2, 0) is 56.4 Å². The number of amides is 3. The van der Waals surface area contributed by atoms with E-state index >= 15 is 0 Å². The number of carboxylic acid groups (broad SMARTS) is 2. The van der Waals surface area contributed by atoms with Crippen molar-refractivity contribution in [1.29, 1.82) is 0 Å². The summed E-state index contributed by atoms with van der Waals surface area (Å²) in [6.45, 7) is 0. The highest BCUT2D eigenvalue weighted by atomic mass is 35.5. The normalized spacial score (nSPS) is 15.0. The van der Waals surface area contributed by atoms with E-state index in [1.54, 1.807) is 84.9 Å². The molecule has 0 aromatic heterocycles. The molecule has 6 rings (SSSR count). The fourth-order valence-corrected chi connectivity index (χ4v) is 11.1. The van der Waals surface area contributed by atoms with E-state index in [2.05, 4.69) is 20.7 Å². The number of carbonyl (C=O) groups is 6. The summed E-state index contributed by atoms with van der Waals surface area (Å²) in [4.78, 5) is 72.1. The number of esters is 1. The number of hydrogen-bond acceptors (Lipinski definition) is 12. The first-order valence-electron chi connectivity index (χ1n) is 24.3. The van der Waals surface area contributed by atoms with Crippen LogP contribution in [0.2, 0.25) is 20.1 Å². The summed E-state index contributed by atoms with van der Waals surface area (Å²) < 4.78 is 49.0. The predicted molar refractivity (Wildman–Crippen MR) is 296 cm³/mol. The molecule has 2 unspecified atom stereocenters. The predicted octanol–water partition coefficient (Wildman–Crippen LogP) is 9.49. The summed E-state index contributed by atoms with van der Waals surface area (Å²) in [5.41, 5.74) is 7.49. The molecule has 76 heavy (non-hydrogen) atoms. The minimum Gasteiger partial charge on any atom is -0.481 e. The monoisotopic (exact) mass is 1170 g/mol. The number of methoxy groups -OCH3 is 1. The molecule has 4 aromatic rings. The van der Waals surface area contributed by atoms with Crippen LogP contribution in [0.5, 0.6) is 0 Å². The first-order chi connectivity index (χ1) is 35.7. The number of nitrogens with two attached hydrogens (primary N) is 1. The highest BCUT2D eigenvalue weighted by Gasteiger charge is 2.45. The Labute approximate surface area is 463 Å². The highest BCUT2D eigenvalue weighted by Crippen LogP contribution is 2.46. The summed E-state index contributed by atoms with van der Waals surface area (Å²) in [7, 11) is -4.66. The molecule has 0 heterocycles. The minimum absolute atomic E-state index is 0.0653. The number of carbonyl (C=O) groups excluding carboxylic acids is 4. The number of rotatable bonds is 23. The van der Waals surface area contributed by atoms with E-state index in [0.717, 1.165) is 31.2 Å². The SMILES string of the molecule is COC(=O)C(N)Cc1ccc(NC(=O)c2c(Cl)cccc2Cl)cc1.CS(=O)(=O)CCCCC1(C(=O)NC(Cc2ccc(NC(=O)c3c(Cl)cccc3Cl)cc2)C(=O)O)CCC1.CS(=O)(=O)CCCCC1(C(=O)O)CCC1. The van der Waals surface area contributed by atoms with Crippen molar-refractivity contribution in [3.8, 4) is 0 Å². The molecule has 4 aromatic carbocycles. The van der Waals surface area contributed by atoms with E-state index < -0.39 is 72.3 Å². The fraction of sp³-hybridized carbons (Fsp3) is 0.434. The summed E-state index contributed by atoms with van der Waals surface area (Å²) in [6, 6.07) is 21.4. The molecular formula is C53H64Cl4N4O13S2. The van der Waals surface area contributed by atoms with Gasteiger partial charge in [-0.2, -0.15) is 0 Å². The van der Waals surface area contributed by atoms with Crippen LogP contribution < -0.4 is 21.7 Å². The molecule has 414 valence electrons. The van der Waals surface area contributed by atoms with Gasteiger partial charge in [-0.25, -0.2) is 21.6 Å². The Bertz CT molecular complexity index is 2880. The maximum absolute atomic E-state index is 13.0. The van der Waals surface area contributed by atoms with Crippen molar-refractivity contribution in [1.82, 2.24) is 5.32 Å². The van der Waals surface area contributed by atoms with Crippen LogP contribution in [0.15, 0.2) is 84.9 Å². The molecule has 17 nitrogen and oxygen atoms in total. The Morgan fingerprint density at radius 2 is 0.987 bits per heavy atom. The fourth-order valence-electron chi connectivity index (χ4n) is 8.52. The number of halogens is 4. The number of ether oxygens (including phenoxy) is 1. The molecule has 2 aliphatic carbocycles. The summed E-state index contributed by atoms with van der Waals surface area (Å²) >= 11 is 24.2. The largest absolute Gasteiger partial charge is 0.481 e. The molecule has 0 aliphatic heterocycles. The van der Waals surface area contributed by atoms with Gasteiger partial charge < -0.3 is 36.6 Å². The summed E-state index contributed by atoms with van der Waals surface area (Å²) in [5.74, 6) is -3.26.